The number of aliphatic hydroxyl groups is 1. The molecule has 0 aliphatic carbocycles. The second-order valence-electron chi connectivity index (χ2n) is 4.67. The Hall–Kier alpha value is -0.730. The highest BCUT2D eigenvalue weighted by molar-refractivity contribution is 6.30. The lowest BCUT2D eigenvalue weighted by Crippen LogP contribution is -2.13. The molecule has 0 spiro atoms. The Kier molecular flexibility index (Phi) is 6.51. The number of rotatable bonds is 7. The number of methoxy groups -OCH3 is 1. The van der Waals surface area contributed by atoms with Crippen LogP contribution in [0.15, 0.2) is 18.2 Å². The fourth-order valence-electron chi connectivity index (χ4n) is 2.39. The summed E-state index contributed by atoms with van der Waals surface area (Å²) in [6, 6.07) is 5.41. The number of benzene rings is 1. The predicted molar refractivity (Wildman–Crippen MR) is 76.3 cm³/mol. The van der Waals surface area contributed by atoms with E-state index in [1.807, 2.05) is 12.1 Å². The Bertz CT molecular complexity index is 360. The van der Waals surface area contributed by atoms with E-state index in [4.69, 9.17) is 16.3 Å². The van der Waals surface area contributed by atoms with Gasteiger partial charge in [0.15, 0.2) is 0 Å². The molecule has 0 heterocycles. The number of ether oxygens (including phenoxy) is 1. The maximum Gasteiger partial charge on any atom is 0.124 e. The van der Waals surface area contributed by atoms with Crippen LogP contribution in [0.4, 0.5) is 0 Å². The molecular formula is C15H23ClO2. The van der Waals surface area contributed by atoms with E-state index >= 15 is 0 Å². The van der Waals surface area contributed by atoms with E-state index in [1.165, 1.54) is 0 Å². The van der Waals surface area contributed by atoms with Gasteiger partial charge in [0, 0.05) is 10.6 Å². The van der Waals surface area contributed by atoms with Crippen molar-refractivity contribution < 1.29 is 9.84 Å². The molecule has 0 aromatic heterocycles. The van der Waals surface area contributed by atoms with Gasteiger partial charge in [0.25, 0.3) is 0 Å². The van der Waals surface area contributed by atoms with E-state index in [9.17, 15) is 5.11 Å². The second-order valence-corrected chi connectivity index (χ2v) is 5.10. The van der Waals surface area contributed by atoms with Crippen LogP contribution < -0.4 is 4.74 Å². The Morgan fingerprint density at radius 1 is 1.22 bits per heavy atom. The molecule has 18 heavy (non-hydrogen) atoms. The lowest BCUT2D eigenvalue weighted by molar-refractivity contribution is 0.0938. The Labute approximate surface area is 115 Å². The van der Waals surface area contributed by atoms with Crippen molar-refractivity contribution in [1.29, 1.82) is 0 Å². The molecular weight excluding hydrogens is 248 g/mol. The van der Waals surface area contributed by atoms with Gasteiger partial charge in [-0.05, 0) is 37.0 Å². The minimum Gasteiger partial charge on any atom is -0.496 e. The first kappa shape index (κ1) is 15.3. The third-order valence-corrected chi connectivity index (χ3v) is 3.51. The predicted octanol–water partition coefficient (Wildman–Crippen LogP) is 4.60. The summed E-state index contributed by atoms with van der Waals surface area (Å²) in [6.45, 7) is 4.29. The summed E-state index contributed by atoms with van der Waals surface area (Å²) < 4.78 is 5.31. The van der Waals surface area contributed by atoms with Gasteiger partial charge in [-0.15, -0.1) is 0 Å². The fourth-order valence-corrected chi connectivity index (χ4v) is 2.57. The van der Waals surface area contributed by atoms with Crippen LogP contribution in [0, 0.1) is 5.92 Å². The number of halogens is 1. The van der Waals surface area contributed by atoms with Crippen molar-refractivity contribution in [3.8, 4) is 5.75 Å². The van der Waals surface area contributed by atoms with Crippen LogP contribution in [0.2, 0.25) is 5.02 Å². The average molecular weight is 271 g/mol. The Morgan fingerprint density at radius 2 is 1.83 bits per heavy atom. The zero-order valence-electron chi connectivity index (χ0n) is 11.4. The van der Waals surface area contributed by atoms with Crippen molar-refractivity contribution in [3.05, 3.63) is 28.8 Å². The zero-order chi connectivity index (χ0) is 13.5. The van der Waals surface area contributed by atoms with Gasteiger partial charge in [0.1, 0.15) is 5.75 Å². The van der Waals surface area contributed by atoms with Crippen molar-refractivity contribution in [2.75, 3.05) is 7.11 Å². The number of aliphatic hydroxyl groups excluding tert-OH is 1. The maximum absolute atomic E-state index is 10.5. The topological polar surface area (TPSA) is 29.5 Å². The molecule has 1 aromatic carbocycles. The third-order valence-electron chi connectivity index (χ3n) is 3.28. The summed E-state index contributed by atoms with van der Waals surface area (Å²) in [5, 5.41) is 11.2. The van der Waals surface area contributed by atoms with Crippen molar-refractivity contribution in [1.82, 2.24) is 0 Å². The van der Waals surface area contributed by atoms with Crippen LogP contribution in [0.5, 0.6) is 5.75 Å². The highest BCUT2D eigenvalue weighted by Gasteiger charge is 2.22. The van der Waals surface area contributed by atoms with E-state index in [0.29, 0.717) is 10.8 Å². The van der Waals surface area contributed by atoms with Crippen LogP contribution in [0.25, 0.3) is 0 Å². The first-order valence-electron chi connectivity index (χ1n) is 6.65. The molecule has 102 valence electrons. The normalized spacial score (nSPS) is 12.8. The lowest BCUT2D eigenvalue weighted by atomic mass is 9.88. The zero-order valence-corrected chi connectivity index (χ0v) is 12.2. The molecule has 0 radical (unpaired) electrons. The summed E-state index contributed by atoms with van der Waals surface area (Å²) in [6.07, 6.45) is 3.68. The van der Waals surface area contributed by atoms with Gasteiger partial charge in [-0.3, -0.25) is 0 Å². The van der Waals surface area contributed by atoms with Crippen molar-refractivity contribution in [2.45, 2.75) is 45.6 Å². The summed E-state index contributed by atoms with van der Waals surface area (Å²) in [5.41, 5.74) is 0.803. The van der Waals surface area contributed by atoms with E-state index in [2.05, 4.69) is 13.8 Å². The molecule has 0 saturated heterocycles. The first-order valence-corrected chi connectivity index (χ1v) is 7.03. The quantitative estimate of drug-likeness (QED) is 0.785. The van der Waals surface area contributed by atoms with E-state index in [1.54, 1.807) is 13.2 Å². The van der Waals surface area contributed by atoms with Crippen molar-refractivity contribution in [3.63, 3.8) is 0 Å². The van der Waals surface area contributed by atoms with Crippen LogP contribution in [0.3, 0.4) is 0 Å². The largest absolute Gasteiger partial charge is 0.496 e. The van der Waals surface area contributed by atoms with E-state index in [-0.39, 0.29) is 5.92 Å². The summed E-state index contributed by atoms with van der Waals surface area (Å²) in [5.74, 6) is 0.983. The molecule has 0 aliphatic heterocycles. The third kappa shape index (κ3) is 3.89. The molecule has 1 aromatic rings. The lowest BCUT2D eigenvalue weighted by Gasteiger charge is -2.24. The van der Waals surface area contributed by atoms with Gasteiger partial charge in [0.05, 0.1) is 13.2 Å². The van der Waals surface area contributed by atoms with Crippen LogP contribution >= 0.6 is 11.6 Å². The summed E-state index contributed by atoms with van der Waals surface area (Å²) in [4.78, 5) is 0. The highest BCUT2D eigenvalue weighted by Crippen LogP contribution is 2.36. The van der Waals surface area contributed by atoms with Crippen LogP contribution in [-0.2, 0) is 0 Å². The van der Waals surface area contributed by atoms with E-state index < -0.39 is 6.10 Å². The number of hydrogen-bond acceptors (Lipinski definition) is 2. The molecule has 1 atom stereocenters. The molecule has 1 rings (SSSR count). The van der Waals surface area contributed by atoms with Gasteiger partial charge in [0.2, 0.25) is 0 Å². The molecule has 1 N–H and O–H groups in total. The standard InChI is InChI=1S/C15H23ClO2/c1-4-6-11(7-5-2)15(17)13-10-12(16)8-9-14(13)18-3/h8-11,15,17H,4-7H2,1-3H3. The minimum absolute atomic E-state index is 0.271. The first-order chi connectivity index (χ1) is 8.63. The van der Waals surface area contributed by atoms with Gasteiger partial charge >= 0.3 is 0 Å². The van der Waals surface area contributed by atoms with Gasteiger partial charge in [-0.2, -0.15) is 0 Å². The SMILES string of the molecule is CCCC(CCC)C(O)c1cc(Cl)ccc1OC. The molecule has 0 aliphatic rings. The van der Waals surface area contributed by atoms with Gasteiger partial charge in [-0.1, -0.05) is 38.3 Å². The molecule has 0 bridgehead atoms. The molecule has 0 amide bonds. The van der Waals surface area contributed by atoms with Crippen molar-refractivity contribution in [2.24, 2.45) is 5.92 Å². The average Bonchev–Trinajstić information content (AvgIpc) is 2.37. The van der Waals surface area contributed by atoms with Gasteiger partial charge in [-0.25, -0.2) is 0 Å². The Morgan fingerprint density at radius 3 is 2.33 bits per heavy atom. The molecule has 3 heteroatoms. The summed E-state index contributed by atoms with van der Waals surface area (Å²) in [7, 11) is 1.62. The van der Waals surface area contributed by atoms with Gasteiger partial charge < -0.3 is 9.84 Å². The number of hydrogen-bond donors (Lipinski definition) is 1. The minimum atomic E-state index is -0.501. The van der Waals surface area contributed by atoms with Crippen molar-refractivity contribution >= 4 is 11.6 Å². The fraction of sp³-hybridized carbons (Fsp3) is 0.600. The van der Waals surface area contributed by atoms with Crippen LogP contribution in [-0.4, -0.2) is 12.2 Å². The molecule has 0 fully saturated rings. The maximum atomic E-state index is 10.5. The van der Waals surface area contributed by atoms with E-state index in [0.717, 1.165) is 31.2 Å². The second kappa shape index (κ2) is 7.65. The monoisotopic (exact) mass is 270 g/mol. The Balaban J connectivity index is 2.98. The van der Waals surface area contributed by atoms with Crippen LogP contribution in [0.1, 0.15) is 51.2 Å². The molecule has 1 unspecified atom stereocenters. The highest BCUT2D eigenvalue weighted by atomic mass is 35.5. The summed E-state index contributed by atoms with van der Waals surface area (Å²) >= 11 is 6.01. The molecule has 0 saturated carbocycles. The molecule has 2 nitrogen and oxygen atoms in total. The smallest absolute Gasteiger partial charge is 0.124 e.